The molecular weight excluding hydrogens is 157 g/mol. The van der Waals surface area contributed by atoms with Gasteiger partial charge in [0, 0.05) is 6.08 Å². The summed E-state index contributed by atoms with van der Waals surface area (Å²) in [5, 5.41) is 0. The van der Waals surface area contributed by atoms with Crippen LogP contribution in [0.15, 0.2) is 30.1 Å². The molecule has 0 radical (unpaired) electrons. The lowest BCUT2D eigenvalue weighted by molar-refractivity contribution is -0.303. The standard InChI is InChI=1S/C7H4F3O/c8-7(9,10)11-6-4-2-1-3-5-6/h2-5H/q+1. The van der Waals surface area contributed by atoms with Gasteiger partial charge in [0.25, 0.3) is 0 Å². The number of hydrogen-bond donors (Lipinski definition) is 0. The lowest BCUT2D eigenvalue weighted by atomic mass is 10.3. The van der Waals surface area contributed by atoms with Crippen molar-refractivity contribution in [3.8, 4) is 0 Å². The predicted molar refractivity (Wildman–Crippen MR) is 32.2 cm³/mol. The Kier molecular flexibility index (Phi) is 1.96. The molecule has 0 aromatic carbocycles. The van der Waals surface area contributed by atoms with Crippen molar-refractivity contribution in [3.05, 3.63) is 36.1 Å². The van der Waals surface area contributed by atoms with Gasteiger partial charge >= 0.3 is 6.36 Å². The Hall–Kier alpha value is -1.28. The van der Waals surface area contributed by atoms with Crippen LogP contribution in [0, 0.1) is 6.08 Å². The molecule has 0 atom stereocenters. The molecule has 58 valence electrons. The first kappa shape index (κ1) is 7.82. The van der Waals surface area contributed by atoms with E-state index in [0.717, 1.165) is 0 Å². The molecule has 0 aromatic rings. The summed E-state index contributed by atoms with van der Waals surface area (Å²) in [6, 6.07) is 0. The van der Waals surface area contributed by atoms with E-state index in [-0.39, 0.29) is 5.76 Å². The number of halogens is 3. The summed E-state index contributed by atoms with van der Waals surface area (Å²) in [6.45, 7) is 0. The molecule has 4 heteroatoms. The first-order chi connectivity index (χ1) is 5.08. The summed E-state index contributed by atoms with van der Waals surface area (Å²) in [6.07, 6.45) is 3.03. The van der Waals surface area contributed by atoms with Gasteiger partial charge in [-0.1, -0.05) is 0 Å². The van der Waals surface area contributed by atoms with E-state index in [9.17, 15) is 13.2 Å². The summed E-state index contributed by atoms with van der Waals surface area (Å²) < 4.78 is 38.1. The minimum Gasteiger partial charge on any atom is -0.381 e. The molecule has 0 unspecified atom stereocenters. The largest absolute Gasteiger partial charge is 0.574 e. The number of allylic oxidation sites excluding steroid dienone is 5. The van der Waals surface area contributed by atoms with Crippen molar-refractivity contribution >= 4 is 0 Å². The van der Waals surface area contributed by atoms with Crippen molar-refractivity contribution in [2.75, 3.05) is 0 Å². The third-order valence-corrected chi connectivity index (χ3v) is 0.921. The molecule has 0 amide bonds. The zero-order valence-corrected chi connectivity index (χ0v) is 5.35. The average molecular weight is 161 g/mol. The molecule has 0 saturated heterocycles. The van der Waals surface area contributed by atoms with E-state index in [1.807, 2.05) is 0 Å². The van der Waals surface area contributed by atoms with E-state index < -0.39 is 6.36 Å². The summed E-state index contributed by atoms with van der Waals surface area (Å²) in [7, 11) is 0. The fourth-order valence-corrected chi connectivity index (χ4v) is 0.573. The highest BCUT2D eigenvalue weighted by Gasteiger charge is 2.33. The van der Waals surface area contributed by atoms with Crippen LogP contribution in [0.4, 0.5) is 13.2 Å². The highest BCUT2D eigenvalue weighted by molar-refractivity contribution is 5.25. The zero-order chi connectivity index (χ0) is 8.32. The molecule has 0 bridgehead atoms. The summed E-state index contributed by atoms with van der Waals surface area (Å²) in [4.78, 5) is 0. The summed E-state index contributed by atoms with van der Waals surface area (Å²) >= 11 is 0. The van der Waals surface area contributed by atoms with Gasteiger partial charge in [-0.05, 0) is 0 Å². The molecule has 0 heterocycles. The molecule has 11 heavy (non-hydrogen) atoms. The van der Waals surface area contributed by atoms with Crippen molar-refractivity contribution in [3.63, 3.8) is 0 Å². The van der Waals surface area contributed by atoms with Gasteiger partial charge < -0.3 is 4.74 Å². The molecule has 0 aliphatic heterocycles. The van der Waals surface area contributed by atoms with Crippen LogP contribution in [0.2, 0.25) is 0 Å². The molecule has 0 saturated carbocycles. The van der Waals surface area contributed by atoms with Crippen LogP contribution in [-0.2, 0) is 4.74 Å². The van der Waals surface area contributed by atoms with Gasteiger partial charge in [0.05, 0.1) is 12.2 Å². The first-order valence-corrected chi connectivity index (χ1v) is 2.80. The third kappa shape index (κ3) is 2.87. The molecule has 0 spiro atoms. The van der Waals surface area contributed by atoms with Crippen molar-refractivity contribution < 1.29 is 17.9 Å². The second kappa shape index (κ2) is 2.76. The minimum absolute atomic E-state index is 0.226. The maximum Gasteiger partial charge on any atom is 0.574 e. The van der Waals surface area contributed by atoms with Gasteiger partial charge in [-0.2, -0.15) is 0 Å². The Morgan fingerprint density at radius 3 is 2.55 bits per heavy atom. The van der Waals surface area contributed by atoms with E-state index in [2.05, 4.69) is 10.8 Å². The van der Waals surface area contributed by atoms with Gasteiger partial charge in [-0.25, -0.2) is 0 Å². The van der Waals surface area contributed by atoms with Gasteiger partial charge in [0.1, 0.15) is 12.2 Å². The zero-order valence-electron chi connectivity index (χ0n) is 5.35. The van der Waals surface area contributed by atoms with E-state index in [1.165, 1.54) is 24.3 Å². The SMILES string of the molecule is FC(F)(F)OC1=CC=[C+]C=C1. The van der Waals surface area contributed by atoms with Gasteiger partial charge in [-0.3, -0.25) is 0 Å². The lowest BCUT2D eigenvalue weighted by Crippen LogP contribution is -2.12. The first-order valence-electron chi connectivity index (χ1n) is 2.80. The highest BCUT2D eigenvalue weighted by atomic mass is 19.4. The van der Waals surface area contributed by atoms with Gasteiger partial charge in [0.15, 0.2) is 0 Å². The van der Waals surface area contributed by atoms with Crippen LogP contribution < -0.4 is 0 Å². The number of rotatable bonds is 1. The Balaban J connectivity index is 2.58. The van der Waals surface area contributed by atoms with Crippen LogP contribution in [0.5, 0.6) is 0 Å². The van der Waals surface area contributed by atoms with Crippen LogP contribution >= 0.6 is 0 Å². The lowest BCUT2D eigenvalue weighted by Gasteiger charge is -2.05. The highest BCUT2D eigenvalue weighted by Crippen LogP contribution is 2.21. The molecule has 1 rings (SSSR count). The van der Waals surface area contributed by atoms with E-state index >= 15 is 0 Å². The van der Waals surface area contributed by atoms with Crippen molar-refractivity contribution in [1.82, 2.24) is 0 Å². The van der Waals surface area contributed by atoms with E-state index in [0.29, 0.717) is 0 Å². The normalized spacial score (nSPS) is 15.7. The van der Waals surface area contributed by atoms with Crippen LogP contribution in [0.1, 0.15) is 0 Å². The third-order valence-electron chi connectivity index (χ3n) is 0.921. The monoisotopic (exact) mass is 161 g/mol. The fourth-order valence-electron chi connectivity index (χ4n) is 0.573. The van der Waals surface area contributed by atoms with Crippen molar-refractivity contribution in [1.29, 1.82) is 0 Å². The average Bonchev–Trinajstić information content (AvgIpc) is 1.85. The van der Waals surface area contributed by atoms with E-state index in [4.69, 9.17) is 0 Å². The Labute approximate surface area is 61.5 Å². The smallest absolute Gasteiger partial charge is 0.381 e. The molecule has 1 aliphatic rings. The fraction of sp³-hybridized carbons (Fsp3) is 0.143. The molecule has 0 fully saturated rings. The maximum atomic E-state index is 11.5. The molecule has 0 aromatic heterocycles. The Morgan fingerprint density at radius 1 is 1.36 bits per heavy atom. The quantitative estimate of drug-likeness (QED) is 0.536. The summed E-state index contributed by atoms with van der Waals surface area (Å²) in [5.74, 6) is -0.226. The predicted octanol–water partition coefficient (Wildman–Crippen LogP) is 2.34. The Morgan fingerprint density at radius 2 is 2.09 bits per heavy atom. The molecular formula is C7H4F3O+. The number of alkyl halides is 3. The van der Waals surface area contributed by atoms with Crippen LogP contribution in [0.3, 0.4) is 0 Å². The van der Waals surface area contributed by atoms with Gasteiger partial charge in [0.2, 0.25) is 5.76 Å². The molecule has 0 N–H and O–H groups in total. The van der Waals surface area contributed by atoms with Crippen molar-refractivity contribution in [2.24, 2.45) is 0 Å². The van der Waals surface area contributed by atoms with Crippen LogP contribution in [0.25, 0.3) is 0 Å². The number of hydrogen-bond acceptors (Lipinski definition) is 1. The van der Waals surface area contributed by atoms with Crippen LogP contribution in [-0.4, -0.2) is 6.36 Å². The maximum absolute atomic E-state index is 11.5. The topological polar surface area (TPSA) is 9.23 Å². The number of ether oxygens (including phenoxy) is 1. The molecule has 1 nitrogen and oxygen atoms in total. The summed E-state index contributed by atoms with van der Waals surface area (Å²) in [5.41, 5.74) is 0. The second-order valence-corrected chi connectivity index (χ2v) is 1.78. The van der Waals surface area contributed by atoms with Crippen molar-refractivity contribution in [2.45, 2.75) is 6.36 Å². The Bertz CT molecular complexity index is 222. The second-order valence-electron chi connectivity index (χ2n) is 1.78. The minimum atomic E-state index is -4.61. The van der Waals surface area contributed by atoms with Gasteiger partial charge in [-0.15, -0.1) is 13.2 Å². The molecule has 1 aliphatic carbocycles. The van der Waals surface area contributed by atoms with E-state index in [1.54, 1.807) is 0 Å².